The third-order valence-electron chi connectivity index (χ3n) is 15.6. The standard InChI is InChI=1S/C56H76N2O13.2ClH/c1-57(27-20-38-31-46(65-5)48(67-7)35-41(38)43(57)29-37-18-19-44(63-3)45(30-37)64-4)25-15-23-56(55(61)62,22-14-12-13-17-52(59)60)24-16-26-58(2)28-21-39-32-47(66-6)49(68-8)36-42(39)53(58)40-33-50(69-9)54(71-11)51(34-40)70-10;;/h18-19,30-36,43,53H,12-17,20-29H2,1-11H3;2*1H/t43-,53+,56?,57+,58-;;/m1../s1. The molecule has 0 radical (unpaired) electrons. The molecular weight excluding hydrogens is 980 g/mol. The number of methoxy groups -OCH3 is 9. The molecule has 2 aliphatic rings. The first kappa shape index (κ1) is 60.1. The lowest BCUT2D eigenvalue weighted by atomic mass is 9.74. The van der Waals surface area contributed by atoms with Crippen LogP contribution in [0.5, 0.6) is 51.7 Å². The van der Waals surface area contributed by atoms with Crippen molar-refractivity contribution < 1.29 is 96.2 Å². The van der Waals surface area contributed by atoms with Gasteiger partial charge in [-0.1, -0.05) is 18.9 Å². The Kier molecular flexibility index (Phi) is 21.9. The largest absolute Gasteiger partial charge is 1.00 e. The predicted octanol–water partition coefficient (Wildman–Crippen LogP) is 3.52. The SMILES string of the molecule is COc1ccc(C[C@@H]2c3cc(OC)c(OC)cc3CC[N@+]2(C)CCCC(CCCCCC(=O)O)(CCC[N@+]2(C)CCc3cc(OC)c(OC)cc3[C@@H]2c2cc(OC)c(OC)c(OC)c2)C(=O)O)cc1OC.[Cl-].[Cl-]. The second-order valence-electron chi connectivity index (χ2n) is 19.7. The molecule has 0 saturated carbocycles. The van der Waals surface area contributed by atoms with Crippen molar-refractivity contribution in [2.45, 2.75) is 89.1 Å². The fourth-order valence-corrected chi connectivity index (χ4v) is 11.6. The van der Waals surface area contributed by atoms with Crippen LogP contribution in [0.2, 0.25) is 0 Å². The number of fused-ring (bicyclic) bond motifs is 2. The lowest BCUT2D eigenvalue weighted by molar-refractivity contribution is -0.941. The van der Waals surface area contributed by atoms with Gasteiger partial charge in [0.2, 0.25) is 5.75 Å². The molecule has 5 atom stereocenters. The summed E-state index contributed by atoms with van der Waals surface area (Å²) in [5.41, 5.74) is 5.68. The number of rotatable bonds is 27. The van der Waals surface area contributed by atoms with Crippen molar-refractivity contribution in [2.24, 2.45) is 5.41 Å². The second kappa shape index (κ2) is 26.6. The quantitative estimate of drug-likeness (QED) is 0.0662. The van der Waals surface area contributed by atoms with Gasteiger partial charge in [0, 0.05) is 42.4 Å². The monoisotopic (exact) mass is 1060 g/mol. The molecule has 2 aliphatic heterocycles. The van der Waals surface area contributed by atoms with Crippen molar-refractivity contribution in [3.63, 3.8) is 0 Å². The predicted molar refractivity (Wildman–Crippen MR) is 272 cm³/mol. The Balaban J connectivity index is 0.00000578. The first-order chi connectivity index (χ1) is 34.1. The zero-order valence-electron chi connectivity index (χ0n) is 44.7. The zero-order chi connectivity index (χ0) is 51.5. The highest BCUT2D eigenvalue weighted by Gasteiger charge is 2.45. The molecule has 0 fully saturated rings. The van der Waals surface area contributed by atoms with E-state index in [9.17, 15) is 19.8 Å². The maximum absolute atomic E-state index is 14.0. The highest BCUT2D eigenvalue weighted by molar-refractivity contribution is 5.74. The number of carbonyl (C=O) groups is 2. The van der Waals surface area contributed by atoms with Crippen LogP contribution < -0.4 is 67.4 Å². The molecule has 2 N–H and O–H groups in total. The second-order valence-corrected chi connectivity index (χ2v) is 19.7. The van der Waals surface area contributed by atoms with Gasteiger partial charge in [-0.25, -0.2) is 0 Å². The third-order valence-corrected chi connectivity index (χ3v) is 15.6. The number of likely N-dealkylation sites (N-methyl/N-ethyl adjacent to an activating group) is 2. The van der Waals surface area contributed by atoms with Gasteiger partial charge in [-0.05, 0) is 104 Å². The average molecular weight is 1060 g/mol. The Morgan fingerprint density at radius 3 is 1.51 bits per heavy atom. The Bertz CT molecular complexity index is 2470. The first-order valence-corrected chi connectivity index (χ1v) is 24.7. The van der Waals surface area contributed by atoms with Crippen molar-refractivity contribution in [2.75, 3.05) is 104 Å². The van der Waals surface area contributed by atoms with E-state index < -0.39 is 17.4 Å². The normalized spacial score (nSPS) is 19.5. The Labute approximate surface area is 444 Å². The van der Waals surface area contributed by atoms with E-state index in [2.05, 4.69) is 44.4 Å². The Hall–Kier alpha value is -5.48. The molecule has 0 bridgehead atoms. The summed E-state index contributed by atoms with van der Waals surface area (Å²) in [5.74, 6) is 3.94. The number of nitrogens with zero attached hydrogens (tertiary/aromatic N) is 2. The fourth-order valence-electron chi connectivity index (χ4n) is 11.6. The minimum Gasteiger partial charge on any atom is -1.00 e. The van der Waals surface area contributed by atoms with Crippen LogP contribution in [0.4, 0.5) is 0 Å². The van der Waals surface area contributed by atoms with Gasteiger partial charge in [0.1, 0.15) is 12.1 Å². The van der Waals surface area contributed by atoms with Gasteiger partial charge in [0.25, 0.3) is 0 Å². The van der Waals surface area contributed by atoms with Gasteiger partial charge in [0.05, 0.1) is 110 Å². The smallest absolute Gasteiger partial charge is 0.309 e. The van der Waals surface area contributed by atoms with Crippen molar-refractivity contribution in [3.8, 4) is 51.7 Å². The number of quaternary nitrogens is 2. The maximum Gasteiger partial charge on any atom is 0.309 e. The Morgan fingerprint density at radius 2 is 1.00 bits per heavy atom. The average Bonchev–Trinajstić information content (AvgIpc) is 3.37. The molecule has 2 heterocycles. The third kappa shape index (κ3) is 13.3. The summed E-state index contributed by atoms with van der Waals surface area (Å²) < 4.78 is 53.3. The molecular formula is C56H78Cl2N2O13. The van der Waals surface area contributed by atoms with Crippen LogP contribution in [0, 0.1) is 5.41 Å². The summed E-state index contributed by atoms with van der Waals surface area (Å²) in [7, 11) is 19.3. The molecule has 73 heavy (non-hydrogen) atoms. The molecule has 6 rings (SSSR count). The van der Waals surface area contributed by atoms with Crippen LogP contribution in [0.25, 0.3) is 0 Å². The molecule has 1 unspecified atom stereocenters. The molecule has 15 nitrogen and oxygen atoms in total. The summed E-state index contributed by atoms with van der Waals surface area (Å²) in [5, 5.41) is 20.9. The molecule has 0 aromatic heterocycles. The number of carboxylic acids is 2. The molecule has 4 aromatic carbocycles. The molecule has 0 saturated heterocycles. The maximum atomic E-state index is 14.0. The van der Waals surface area contributed by atoms with Gasteiger partial charge >= 0.3 is 11.9 Å². The lowest BCUT2D eigenvalue weighted by Gasteiger charge is -2.47. The van der Waals surface area contributed by atoms with Gasteiger partial charge in [-0.3, -0.25) is 9.59 Å². The fraction of sp³-hybridized carbons (Fsp3) is 0.536. The zero-order valence-corrected chi connectivity index (χ0v) is 46.2. The number of aliphatic carboxylic acids is 2. The van der Waals surface area contributed by atoms with Gasteiger partial charge in [0.15, 0.2) is 46.0 Å². The van der Waals surface area contributed by atoms with Crippen molar-refractivity contribution in [1.82, 2.24) is 0 Å². The van der Waals surface area contributed by atoms with Crippen LogP contribution in [0.1, 0.15) is 103 Å². The summed E-state index contributed by atoms with van der Waals surface area (Å²) in [6, 6.07) is 18.3. The van der Waals surface area contributed by atoms with Crippen LogP contribution in [0.3, 0.4) is 0 Å². The topological polar surface area (TPSA) is 158 Å². The van der Waals surface area contributed by atoms with Crippen molar-refractivity contribution in [3.05, 3.63) is 88.0 Å². The highest BCUT2D eigenvalue weighted by atomic mass is 35.5. The minimum absolute atomic E-state index is 0. The molecule has 0 aliphatic carbocycles. The number of hydrogen-bond acceptors (Lipinski definition) is 11. The summed E-state index contributed by atoms with van der Waals surface area (Å²) >= 11 is 0. The van der Waals surface area contributed by atoms with Crippen molar-refractivity contribution >= 4 is 11.9 Å². The van der Waals surface area contributed by atoms with Gasteiger partial charge in [-0.15, -0.1) is 0 Å². The molecule has 0 spiro atoms. The lowest BCUT2D eigenvalue weighted by Crippen LogP contribution is -3.00. The van der Waals surface area contributed by atoms with Gasteiger partial charge < -0.3 is 86.6 Å². The number of carboxylic acid groups (broad SMARTS) is 2. The van der Waals surface area contributed by atoms with Crippen LogP contribution in [0.15, 0.2) is 54.6 Å². The van der Waals surface area contributed by atoms with E-state index in [1.54, 1.807) is 64.0 Å². The van der Waals surface area contributed by atoms with Crippen LogP contribution in [-0.4, -0.2) is 135 Å². The summed E-state index contributed by atoms with van der Waals surface area (Å²) in [4.78, 5) is 25.5. The van der Waals surface area contributed by atoms with E-state index >= 15 is 0 Å². The van der Waals surface area contributed by atoms with E-state index in [-0.39, 0.29) is 43.3 Å². The minimum atomic E-state index is -1.03. The summed E-state index contributed by atoms with van der Waals surface area (Å²) in [6.45, 7) is 3.08. The van der Waals surface area contributed by atoms with Crippen LogP contribution >= 0.6 is 0 Å². The number of unbranched alkanes of at least 4 members (excludes halogenated alkanes) is 2. The van der Waals surface area contributed by atoms with E-state index in [1.807, 2.05) is 24.3 Å². The molecule has 0 amide bonds. The number of benzene rings is 4. The number of hydrogen-bond donors (Lipinski definition) is 2. The van der Waals surface area contributed by atoms with Gasteiger partial charge in [-0.2, -0.15) is 0 Å². The van der Waals surface area contributed by atoms with E-state index in [0.29, 0.717) is 125 Å². The first-order valence-electron chi connectivity index (χ1n) is 24.7. The molecule has 17 heteroatoms. The van der Waals surface area contributed by atoms with Crippen molar-refractivity contribution in [1.29, 1.82) is 0 Å². The number of halogens is 2. The van der Waals surface area contributed by atoms with E-state index in [0.717, 1.165) is 54.7 Å². The van der Waals surface area contributed by atoms with E-state index in [1.165, 1.54) is 11.1 Å². The summed E-state index contributed by atoms with van der Waals surface area (Å²) in [6.07, 6.45) is 6.88. The van der Waals surface area contributed by atoms with E-state index in [4.69, 9.17) is 42.6 Å². The Morgan fingerprint density at radius 1 is 0.534 bits per heavy atom. The van der Waals surface area contributed by atoms with Crippen LogP contribution in [-0.2, 0) is 28.9 Å². The highest BCUT2D eigenvalue weighted by Crippen LogP contribution is 2.50. The molecule has 404 valence electrons. The molecule has 4 aromatic rings. The number of ether oxygens (including phenoxy) is 9.